The standard InChI is InChI=1S/C17H20ClN3O2/c1-9(2)16-15-13(22)6-7-21(15)17(23-16)20-12-5-4-11(8-19)14(18)10(12)3/h4-5,9,13,15-16,22H,6-7H2,1-3H3/t13-,15+,16+/m1/s1. The summed E-state index contributed by atoms with van der Waals surface area (Å²) in [5.41, 5.74) is 1.88. The van der Waals surface area contributed by atoms with Gasteiger partial charge in [-0.2, -0.15) is 10.3 Å². The van der Waals surface area contributed by atoms with Gasteiger partial charge in [-0.1, -0.05) is 25.4 Å². The molecule has 0 aliphatic carbocycles. The van der Waals surface area contributed by atoms with Gasteiger partial charge in [-0.15, -0.1) is 0 Å². The van der Waals surface area contributed by atoms with E-state index in [1.807, 2.05) is 11.8 Å². The van der Waals surface area contributed by atoms with E-state index in [0.717, 1.165) is 18.5 Å². The summed E-state index contributed by atoms with van der Waals surface area (Å²) in [6.07, 6.45) is 0.268. The van der Waals surface area contributed by atoms with Crippen molar-refractivity contribution in [1.29, 1.82) is 5.26 Å². The average Bonchev–Trinajstić information content (AvgIpc) is 3.06. The molecule has 3 rings (SSSR count). The van der Waals surface area contributed by atoms with Gasteiger partial charge in [0.1, 0.15) is 12.2 Å². The minimum Gasteiger partial charge on any atom is -0.459 e. The Bertz CT molecular complexity index is 696. The van der Waals surface area contributed by atoms with Gasteiger partial charge in [0.05, 0.1) is 28.4 Å². The normalized spacial score (nSPS) is 28.1. The number of rotatable bonds is 2. The predicted octanol–water partition coefficient (Wildman–Crippen LogP) is 3.00. The second kappa shape index (κ2) is 6.03. The summed E-state index contributed by atoms with van der Waals surface area (Å²) >= 11 is 6.21. The topological polar surface area (TPSA) is 68.8 Å². The second-order valence-electron chi connectivity index (χ2n) is 6.44. The van der Waals surface area contributed by atoms with Gasteiger partial charge >= 0.3 is 0 Å². The molecule has 0 unspecified atom stereocenters. The molecule has 2 saturated heterocycles. The monoisotopic (exact) mass is 333 g/mol. The minimum absolute atomic E-state index is 0.0390. The molecule has 0 aromatic heterocycles. The minimum atomic E-state index is -0.388. The number of hydrogen-bond donors (Lipinski definition) is 1. The molecular weight excluding hydrogens is 314 g/mol. The lowest BCUT2D eigenvalue weighted by atomic mass is 9.97. The maximum absolute atomic E-state index is 10.2. The lowest BCUT2D eigenvalue weighted by molar-refractivity contribution is 0.0672. The highest BCUT2D eigenvalue weighted by molar-refractivity contribution is 6.32. The van der Waals surface area contributed by atoms with E-state index in [9.17, 15) is 5.11 Å². The first-order chi connectivity index (χ1) is 10.9. The van der Waals surface area contributed by atoms with Crippen molar-refractivity contribution in [3.8, 4) is 6.07 Å². The molecule has 2 heterocycles. The number of fused-ring (bicyclic) bond motifs is 1. The highest BCUT2D eigenvalue weighted by Crippen LogP contribution is 2.36. The first-order valence-electron chi connectivity index (χ1n) is 7.83. The molecule has 0 bridgehead atoms. The third kappa shape index (κ3) is 2.66. The quantitative estimate of drug-likeness (QED) is 0.903. The first-order valence-corrected chi connectivity index (χ1v) is 8.21. The molecule has 0 saturated carbocycles. The molecule has 1 N–H and O–H groups in total. The lowest BCUT2D eigenvalue weighted by Gasteiger charge is -2.22. The van der Waals surface area contributed by atoms with Crippen LogP contribution in [-0.2, 0) is 4.74 Å². The van der Waals surface area contributed by atoms with Gasteiger partial charge < -0.3 is 14.7 Å². The Hall–Kier alpha value is -1.77. The van der Waals surface area contributed by atoms with Gasteiger partial charge in [0.25, 0.3) is 6.02 Å². The third-order valence-electron chi connectivity index (χ3n) is 4.60. The van der Waals surface area contributed by atoms with Crippen molar-refractivity contribution in [2.75, 3.05) is 6.54 Å². The molecular formula is C17H20ClN3O2. The summed E-state index contributed by atoms with van der Waals surface area (Å²) in [5, 5.41) is 19.7. The maximum Gasteiger partial charge on any atom is 0.293 e. The highest BCUT2D eigenvalue weighted by atomic mass is 35.5. The number of aliphatic imine (C=N–C) groups is 1. The summed E-state index contributed by atoms with van der Waals surface area (Å²) in [5.74, 6) is 0.286. The number of hydrogen-bond acceptors (Lipinski definition) is 4. The molecule has 3 atom stereocenters. The zero-order valence-corrected chi connectivity index (χ0v) is 14.2. The summed E-state index contributed by atoms with van der Waals surface area (Å²) < 4.78 is 6.02. The van der Waals surface area contributed by atoms with E-state index in [1.165, 1.54) is 0 Å². The van der Waals surface area contributed by atoms with Crippen LogP contribution in [0.2, 0.25) is 5.02 Å². The van der Waals surface area contributed by atoms with E-state index in [0.29, 0.717) is 22.3 Å². The van der Waals surface area contributed by atoms with Crippen LogP contribution in [0.15, 0.2) is 17.1 Å². The van der Waals surface area contributed by atoms with Crippen molar-refractivity contribution in [3.05, 3.63) is 28.3 Å². The van der Waals surface area contributed by atoms with Crippen molar-refractivity contribution in [2.24, 2.45) is 10.9 Å². The van der Waals surface area contributed by atoms with Crippen molar-refractivity contribution >= 4 is 23.3 Å². The molecule has 1 aromatic rings. The summed E-state index contributed by atoms with van der Waals surface area (Å²) in [6, 6.07) is 6.01. The summed E-state index contributed by atoms with van der Waals surface area (Å²) in [4.78, 5) is 6.66. The van der Waals surface area contributed by atoms with E-state index in [2.05, 4.69) is 24.9 Å². The Morgan fingerprint density at radius 2 is 2.22 bits per heavy atom. The van der Waals surface area contributed by atoms with E-state index in [-0.39, 0.29) is 24.2 Å². The average molecular weight is 334 g/mol. The van der Waals surface area contributed by atoms with E-state index in [1.54, 1.807) is 12.1 Å². The van der Waals surface area contributed by atoms with Crippen molar-refractivity contribution in [2.45, 2.75) is 45.4 Å². The molecule has 5 nitrogen and oxygen atoms in total. The zero-order valence-electron chi connectivity index (χ0n) is 13.5. The Morgan fingerprint density at radius 3 is 2.87 bits per heavy atom. The first kappa shape index (κ1) is 16.1. The van der Waals surface area contributed by atoms with Crippen LogP contribution >= 0.6 is 11.6 Å². The fourth-order valence-electron chi connectivity index (χ4n) is 3.28. The zero-order chi connectivity index (χ0) is 16.7. The Labute approximate surface area is 141 Å². The second-order valence-corrected chi connectivity index (χ2v) is 6.82. The number of nitrogens with zero attached hydrogens (tertiary/aromatic N) is 3. The van der Waals surface area contributed by atoms with Crippen molar-refractivity contribution in [1.82, 2.24) is 4.90 Å². The molecule has 1 aromatic carbocycles. The number of ether oxygens (including phenoxy) is 1. The van der Waals surface area contributed by atoms with Crippen LogP contribution in [0, 0.1) is 24.2 Å². The molecule has 6 heteroatoms. The van der Waals surface area contributed by atoms with Gasteiger partial charge in [-0.3, -0.25) is 0 Å². The van der Waals surface area contributed by atoms with Crippen LogP contribution in [0.1, 0.15) is 31.4 Å². The molecule has 0 spiro atoms. The number of amidine groups is 1. The molecule has 0 radical (unpaired) electrons. The smallest absolute Gasteiger partial charge is 0.293 e. The number of benzene rings is 1. The number of aliphatic hydroxyl groups is 1. The largest absolute Gasteiger partial charge is 0.459 e. The molecule has 23 heavy (non-hydrogen) atoms. The Balaban J connectivity index is 1.98. The van der Waals surface area contributed by atoms with Crippen LogP contribution in [0.5, 0.6) is 0 Å². The number of nitriles is 1. The lowest BCUT2D eigenvalue weighted by Crippen LogP contribution is -2.40. The summed E-state index contributed by atoms with van der Waals surface area (Å²) in [6.45, 7) is 6.74. The Morgan fingerprint density at radius 1 is 1.48 bits per heavy atom. The van der Waals surface area contributed by atoms with Crippen LogP contribution < -0.4 is 0 Å². The van der Waals surface area contributed by atoms with Gasteiger partial charge in [-0.05, 0) is 37.0 Å². The Kier molecular flexibility index (Phi) is 4.22. The van der Waals surface area contributed by atoms with E-state index < -0.39 is 0 Å². The van der Waals surface area contributed by atoms with Crippen LogP contribution in [0.25, 0.3) is 0 Å². The van der Waals surface area contributed by atoms with Crippen LogP contribution in [0.4, 0.5) is 5.69 Å². The van der Waals surface area contributed by atoms with E-state index >= 15 is 0 Å². The fraction of sp³-hybridized carbons (Fsp3) is 0.529. The van der Waals surface area contributed by atoms with Gasteiger partial charge in [0.15, 0.2) is 0 Å². The van der Waals surface area contributed by atoms with Crippen molar-refractivity contribution in [3.63, 3.8) is 0 Å². The number of halogens is 1. The van der Waals surface area contributed by atoms with Gasteiger partial charge in [0, 0.05) is 6.54 Å². The highest BCUT2D eigenvalue weighted by Gasteiger charge is 2.49. The van der Waals surface area contributed by atoms with Gasteiger partial charge in [0.2, 0.25) is 0 Å². The summed E-state index contributed by atoms with van der Waals surface area (Å²) in [7, 11) is 0. The fourth-order valence-corrected chi connectivity index (χ4v) is 3.49. The number of aliphatic hydroxyl groups excluding tert-OH is 1. The van der Waals surface area contributed by atoms with Gasteiger partial charge in [-0.25, -0.2) is 0 Å². The van der Waals surface area contributed by atoms with Crippen LogP contribution in [0.3, 0.4) is 0 Å². The van der Waals surface area contributed by atoms with Crippen LogP contribution in [-0.4, -0.2) is 40.8 Å². The van der Waals surface area contributed by atoms with E-state index in [4.69, 9.17) is 21.6 Å². The maximum atomic E-state index is 10.2. The predicted molar refractivity (Wildman–Crippen MR) is 88.8 cm³/mol. The molecule has 122 valence electrons. The molecule has 2 aliphatic heterocycles. The third-order valence-corrected chi connectivity index (χ3v) is 5.08. The SMILES string of the molecule is Cc1c(N=C2O[C@@H](C(C)C)[C@@H]3[C@H](O)CCN23)ccc(C#N)c1Cl. The molecule has 0 amide bonds. The van der Waals surface area contributed by atoms with Crippen molar-refractivity contribution < 1.29 is 9.84 Å². The molecule has 2 fully saturated rings. The molecule has 2 aliphatic rings.